The SMILES string of the molecule is CN(CCOc1ccc(C#N)c(N)c1)C1CC1. The van der Waals surface area contributed by atoms with Crippen molar-refractivity contribution < 1.29 is 4.74 Å². The molecule has 4 nitrogen and oxygen atoms in total. The first kappa shape index (κ1) is 11.7. The molecular formula is C13H17N3O. The number of nitrogens with two attached hydrogens (primary N) is 1. The van der Waals surface area contributed by atoms with E-state index in [-0.39, 0.29) is 0 Å². The third-order valence-electron chi connectivity index (χ3n) is 3.03. The number of anilines is 1. The van der Waals surface area contributed by atoms with Gasteiger partial charge in [-0.3, -0.25) is 0 Å². The minimum atomic E-state index is 0.473. The van der Waals surface area contributed by atoms with E-state index >= 15 is 0 Å². The summed E-state index contributed by atoms with van der Waals surface area (Å²) in [4.78, 5) is 2.31. The molecule has 0 bridgehead atoms. The zero-order valence-electron chi connectivity index (χ0n) is 10.0. The van der Waals surface area contributed by atoms with E-state index in [2.05, 4.69) is 11.9 Å². The second-order valence-electron chi connectivity index (χ2n) is 4.42. The molecule has 1 aliphatic carbocycles. The molecule has 1 fully saturated rings. The predicted molar refractivity (Wildman–Crippen MR) is 66.7 cm³/mol. The maximum absolute atomic E-state index is 8.75. The van der Waals surface area contributed by atoms with Crippen molar-refractivity contribution >= 4 is 5.69 Å². The average Bonchev–Trinajstić information content (AvgIpc) is 3.13. The maximum Gasteiger partial charge on any atom is 0.121 e. The molecule has 0 amide bonds. The largest absolute Gasteiger partial charge is 0.492 e. The van der Waals surface area contributed by atoms with Gasteiger partial charge in [0.05, 0.1) is 11.3 Å². The van der Waals surface area contributed by atoms with E-state index in [1.807, 2.05) is 6.07 Å². The Bertz CT molecular complexity index is 435. The fraction of sp³-hybridized carbons (Fsp3) is 0.462. The third kappa shape index (κ3) is 3.11. The Kier molecular flexibility index (Phi) is 3.50. The monoisotopic (exact) mass is 231 g/mol. The molecule has 0 aliphatic heterocycles. The van der Waals surface area contributed by atoms with Crippen LogP contribution < -0.4 is 10.5 Å². The lowest BCUT2D eigenvalue weighted by molar-refractivity contribution is 0.232. The first-order valence-electron chi connectivity index (χ1n) is 5.83. The van der Waals surface area contributed by atoms with Crippen molar-refractivity contribution in [1.29, 1.82) is 5.26 Å². The lowest BCUT2D eigenvalue weighted by atomic mass is 10.2. The molecule has 1 aromatic carbocycles. The molecule has 90 valence electrons. The molecule has 1 saturated carbocycles. The third-order valence-corrected chi connectivity index (χ3v) is 3.03. The minimum absolute atomic E-state index is 0.473. The van der Waals surface area contributed by atoms with Crippen molar-refractivity contribution in [3.8, 4) is 11.8 Å². The van der Waals surface area contributed by atoms with Crippen LogP contribution in [0.5, 0.6) is 5.75 Å². The highest BCUT2D eigenvalue weighted by Gasteiger charge is 2.25. The molecule has 0 spiro atoms. The first-order chi connectivity index (χ1) is 8.20. The molecule has 1 aromatic rings. The summed E-state index contributed by atoms with van der Waals surface area (Å²) in [6.07, 6.45) is 2.61. The molecule has 1 aliphatic rings. The summed E-state index contributed by atoms with van der Waals surface area (Å²) in [5.74, 6) is 0.727. The van der Waals surface area contributed by atoms with Crippen LogP contribution in [0, 0.1) is 11.3 Å². The lowest BCUT2D eigenvalue weighted by Crippen LogP contribution is -2.26. The van der Waals surface area contributed by atoms with E-state index in [9.17, 15) is 0 Å². The van der Waals surface area contributed by atoms with Gasteiger partial charge in [-0.25, -0.2) is 0 Å². The van der Waals surface area contributed by atoms with Crippen LogP contribution >= 0.6 is 0 Å². The molecule has 2 rings (SSSR count). The Morgan fingerprint density at radius 2 is 2.29 bits per heavy atom. The average molecular weight is 231 g/mol. The van der Waals surface area contributed by atoms with Gasteiger partial charge in [0.25, 0.3) is 0 Å². The zero-order chi connectivity index (χ0) is 12.3. The Morgan fingerprint density at radius 3 is 2.88 bits per heavy atom. The Hall–Kier alpha value is -1.73. The summed E-state index contributed by atoms with van der Waals surface area (Å²) in [6, 6.07) is 7.96. The van der Waals surface area contributed by atoms with Gasteiger partial charge >= 0.3 is 0 Å². The van der Waals surface area contributed by atoms with Crippen LogP contribution in [0.3, 0.4) is 0 Å². The molecule has 0 atom stereocenters. The number of hydrogen-bond acceptors (Lipinski definition) is 4. The fourth-order valence-corrected chi connectivity index (χ4v) is 1.74. The summed E-state index contributed by atoms with van der Waals surface area (Å²) in [5, 5.41) is 8.75. The van der Waals surface area contributed by atoms with Crippen molar-refractivity contribution in [1.82, 2.24) is 4.90 Å². The van der Waals surface area contributed by atoms with E-state index in [0.29, 0.717) is 17.9 Å². The summed E-state index contributed by atoms with van der Waals surface area (Å²) >= 11 is 0. The van der Waals surface area contributed by atoms with Crippen LogP contribution in [-0.2, 0) is 0 Å². The highest BCUT2D eigenvalue weighted by Crippen LogP contribution is 2.25. The van der Waals surface area contributed by atoms with Crippen molar-refractivity contribution in [3.63, 3.8) is 0 Å². The van der Waals surface area contributed by atoms with E-state index in [0.717, 1.165) is 18.3 Å². The second kappa shape index (κ2) is 5.07. The summed E-state index contributed by atoms with van der Waals surface area (Å²) in [6.45, 7) is 1.57. The lowest BCUT2D eigenvalue weighted by Gasteiger charge is -2.16. The summed E-state index contributed by atoms with van der Waals surface area (Å²) in [7, 11) is 2.12. The standard InChI is InChI=1S/C13H17N3O/c1-16(11-3-4-11)6-7-17-12-5-2-10(9-14)13(15)8-12/h2,5,8,11H,3-4,6-7,15H2,1H3. The predicted octanol–water partition coefficient (Wildman–Crippen LogP) is 1.61. The highest BCUT2D eigenvalue weighted by molar-refractivity contribution is 5.56. The van der Waals surface area contributed by atoms with Crippen LogP contribution in [0.2, 0.25) is 0 Å². The number of hydrogen-bond donors (Lipinski definition) is 1. The van der Waals surface area contributed by atoms with Crippen molar-refractivity contribution in [3.05, 3.63) is 23.8 Å². The van der Waals surface area contributed by atoms with Gasteiger partial charge in [0.1, 0.15) is 18.4 Å². The number of rotatable bonds is 5. The molecule has 4 heteroatoms. The number of nitrogens with zero attached hydrogens (tertiary/aromatic N) is 2. The van der Waals surface area contributed by atoms with Gasteiger partial charge in [0.2, 0.25) is 0 Å². The topological polar surface area (TPSA) is 62.3 Å². The molecule has 0 saturated heterocycles. The zero-order valence-corrected chi connectivity index (χ0v) is 10.0. The van der Waals surface area contributed by atoms with Gasteiger partial charge in [-0.05, 0) is 32.0 Å². The Labute approximate surface area is 102 Å². The number of likely N-dealkylation sites (N-methyl/N-ethyl adjacent to an activating group) is 1. The van der Waals surface area contributed by atoms with Gasteiger partial charge in [-0.15, -0.1) is 0 Å². The molecule has 2 N–H and O–H groups in total. The smallest absolute Gasteiger partial charge is 0.121 e. The second-order valence-corrected chi connectivity index (χ2v) is 4.42. The Morgan fingerprint density at radius 1 is 1.53 bits per heavy atom. The molecule has 0 unspecified atom stereocenters. The van der Waals surface area contributed by atoms with E-state index in [1.54, 1.807) is 18.2 Å². The molecular weight excluding hydrogens is 214 g/mol. The van der Waals surface area contributed by atoms with Gasteiger partial charge < -0.3 is 15.4 Å². The number of nitriles is 1. The fourth-order valence-electron chi connectivity index (χ4n) is 1.74. The van der Waals surface area contributed by atoms with Gasteiger partial charge in [0, 0.05) is 18.7 Å². The van der Waals surface area contributed by atoms with E-state index in [1.165, 1.54) is 12.8 Å². The molecule has 0 heterocycles. The van der Waals surface area contributed by atoms with Crippen molar-refractivity contribution in [2.24, 2.45) is 0 Å². The number of ether oxygens (including phenoxy) is 1. The normalized spacial score (nSPS) is 14.6. The first-order valence-corrected chi connectivity index (χ1v) is 5.83. The van der Waals surface area contributed by atoms with Crippen molar-refractivity contribution in [2.45, 2.75) is 18.9 Å². The maximum atomic E-state index is 8.75. The van der Waals surface area contributed by atoms with Crippen LogP contribution in [0.15, 0.2) is 18.2 Å². The highest BCUT2D eigenvalue weighted by atomic mass is 16.5. The van der Waals surface area contributed by atoms with Crippen LogP contribution in [-0.4, -0.2) is 31.1 Å². The molecule has 17 heavy (non-hydrogen) atoms. The van der Waals surface area contributed by atoms with Crippen LogP contribution in [0.1, 0.15) is 18.4 Å². The summed E-state index contributed by atoms with van der Waals surface area (Å²) in [5.41, 5.74) is 6.67. The van der Waals surface area contributed by atoms with Crippen molar-refractivity contribution in [2.75, 3.05) is 25.9 Å². The van der Waals surface area contributed by atoms with Crippen LogP contribution in [0.25, 0.3) is 0 Å². The van der Waals surface area contributed by atoms with E-state index in [4.69, 9.17) is 15.7 Å². The molecule has 0 radical (unpaired) electrons. The quantitative estimate of drug-likeness (QED) is 0.782. The van der Waals surface area contributed by atoms with Crippen LogP contribution in [0.4, 0.5) is 5.69 Å². The van der Waals surface area contributed by atoms with Gasteiger partial charge in [-0.1, -0.05) is 0 Å². The van der Waals surface area contributed by atoms with Gasteiger partial charge in [-0.2, -0.15) is 5.26 Å². The van der Waals surface area contributed by atoms with E-state index < -0.39 is 0 Å². The molecule has 0 aromatic heterocycles. The Balaban J connectivity index is 1.82. The number of benzene rings is 1. The van der Waals surface area contributed by atoms with Gasteiger partial charge in [0.15, 0.2) is 0 Å². The minimum Gasteiger partial charge on any atom is -0.492 e. The number of nitrogen functional groups attached to an aromatic ring is 1. The summed E-state index contributed by atoms with van der Waals surface area (Å²) < 4.78 is 5.60.